The fourth-order valence-electron chi connectivity index (χ4n) is 3.97. The number of pyridine rings is 1. The molecule has 5 rings (SSSR count). The highest BCUT2D eigenvalue weighted by atomic mass is 35.5. The topological polar surface area (TPSA) is 56.9 Å². The lowest BCUT2D eigenvalue weighted by molar-refractivity contribution is 0.104. The number of aryl methyl sites for hydroxylation is 1. The molecule has 0 saturated heterocycles. The van der Waals surface area contributed by atoms with Gasteiger partial charge in [0.15, 0.2) is 5.78 Å². The zero-order valence-corrected chi connectivity index (χ0v) is 15.9. The summed E-state index contributed by atoms with van der Waals surface area (Å²) in [6.07, 6.45) is 6.20. The third-order valence-electron chi connectivity index (χ3n) is 5.19. The third kappa shape index (κ3) is 2.67. The monoisotopic (exact) mass is 391 g/mol. The summed E-state index contributed by atoms with van der Waals surface area (Å²) in [4.78, 5) is 30.4. The van der Waals surface area contributed by atoms with E-state index in [0.29, 0.717) is 23.1 Å². The van der Waals surface area contributed by atoms with Gasteiger partial charge in [-0.05, 0) is 12.5 Å². The van der Waals surface area contributed by atoms with Crippen molar-refractivity contribution in [2.45, 2.75) is 19.5 Å². The molecule has 0 amide bonds. The van der Waals surface area contributed by atoms with Gasteiger partial charge in [-0.2, -0.15) is 0 Å². The summed E-state index contributed by atoms with van der Waals surface area (Å²) in [6.45, 7) is 1.31. The van der Waals surface area contributed by atoms with Crippen LogP contribution in [0, 0.1) is 0 Å². The van der Waals surface area contributed by atoms with Crippen molar-refractivity contribution >= 4 is 29.0 Å². The minimum atomic E-state index is -0.0421. The van der Waals surface area contributed by atoms with Gasteiger partial charge in [-0.15, -0.1) is 12.4 Å². The van der Waals surface area contributed by atoms with Crippen molar-refractivity contribution in [3.05, 3.63) is 88.7 Å². The number of fused-ring (bicyclic) bond motifs is 5. The molecule has 0 unspecified atom stereocenters. The van der Waals surface area contributed by atoms with E-state index < -0.39 is 0 Å². The number of imidazole rings is 1. The van der Waals surface area contributed by atoms with Gasteiger partial charge in [-0.1, -0.05) is 42.5 Å². The molecule has 4 aromatic rings. The highest BCUT2D eigenvalue weighted by Crippen LogP contribution is 2.39. The lowest BCUT2D eigenvalue weighted by atomic mass is 10.0. The van der Waals surface area contributed by atoms with E-state index in [1.807, 2.05) is 53.2 Å². The molecule has 0 radical (unpaired) electrons. The van der Waals surface area contributed by atoms with Gasteiger partial charge < -0.3 is 9.13 Å². The molecule has 0 saturated carbocycles. The molecule has 0 bridgehead atoms. The maximum Gasteiger partial charge on any atom is 0.258 e. The Morgan fingerprint density at radius 2 is 1.57 bits per heavy atom. The second kappa shape index (κ2) is 7.09. The van der Waals surface area contributed by atoms with Crippen LogP contribution in [0.5, 0.6) is 0 Å². The second-order valence-corrected chi connectivity index (χ2v) is 6.75. The molecule has 0 atom stereocenters. The molecule has 6 heteroatoms. The maximum absolute atomic E-state index is 13.2. The first-order valence-electron chi connectivity index (χ1n) is 9.01. The first-order valence-corrected chi connectivity index (χ1v) is 9.01. The van der Waals surface area contributed by atoms with Gasteiger partial charge in [0.1, 0.15) is 0 Å². The molecular weight excluding hydrogens is 374 g/mol. The van der Waals surface area contributed by atoms with Crippen molar-refractivity contribution in [3.63, 3.8) is 0 Å². The lowest BCUT2D eigenvalue weighted by Crippen LogP contribution is -2.24. The van der Waals surface area contributed by atoms with Crippen molar-refractivity contribution in [1.82, 2.24) is 14.1 Å². The first kappa shape index (κ1) is 18.2. The van der Waals surface area contributed by atoms with E-state index >= 15 is 0 Å². The van der Waals surface area contributed by atoms with Gasteiger partial charge in [0, 0.05) is 47.4 Å². The first-order chi connectivity index (χ1) is 13.3. The smallest absolute Gasteiger partial charge is 0.258 e. The summed E-state index contributed by atoms with van der Waals surface area (Å²) in [5.74, 6) is 0.000148. The van der Waals surface area contributed by atoms with Crippen molar-refractivity contribution in [1.29, 1.82) is 0 Å². The third-order valence-corrected chi connectivity index (χ3v) is 5.19. The Kier molecular flexibility index (Phi) is 4.61. The van der Waals surface area contributed by atoms with Crippen LogP contribution >= 0.6 is 12.4 Å². The zero-order chi connectivity index (χ0) is 18.4. The van der Waals surface area contributed by atoms with Crippen LogP contribution in [0.2, 0.25) is 0 Å². The Labute approximate surface area is 167 Å². The highest BCUT2D eigenvalue weighted by Gasteiger charge is 2.32. The number of ketones is 1. The van der Waals surface area contributed by atoms with E-state index in [2.05, 4.69) is 4.98 Å². The lowest BCUT2D eigenvalue weighted by Gasteiger charge is -2.15. The van der Waals surface area contributed by atoms with Crippen LogP contribution in [0.15, 0.2) is 72.0 Å². The van der Waals surface area contributed by atoms with Crippen molar-refractivity contribution in [2.24, 2.45) is 0 Å². The number of aromatic nitrogens is 3. The zero-order valence-electron chi connectivity index (χ0n) is 15.0. The van der Waals surface area contributed by atoms with Crippen LogP contribution in [0.3, 0.4) is 0 Å². The van der Waals surface area contributed by atoms with Crippen molar-refractivity contribution in [3.8, 4) is 11.3 Å². The summed E-state index contributed by atoms with van der Waals surface area (Å²) >= 11 is 0. The molecule has 5 nitrogen and oxygen atoms in total. The van der Waals surface area contributed by atoms with Crippen LogP contribution in [-0.2, 0) is 13.1 Å². The molecule has 0 N–H and O–H groups in total. The predicted octanol–water partition coefficient (Wildman–Crippen LogP) is 3.92. The fraction of sp³-hybridized carbons (Fsp3) is 0.136. The second-order valence-electron chi connectivity index (χ2n) is 6.75. The molecule has 0 aliphatic heterocycles. The van der Waals surface area contributed by atoms with E-state index in [-0.39, 0.29) is 23.7 Å². The number of carbonyl (C=O) groups excluding carboxylic acids is 1. The van der Waals surface area contributed by atoms with E-state index in [0.717, 1.165) is 29.6 Å². The standard InChI is InChI=1S/C22H17N3O2.ClH/c26-21-17-8-3-2-7-16(17)20-19(21)15-6-1-4-9-18(15)22(27)25(20)12-5-11-24-13-10-23-14-24;/h1-4,6-10,13-14H,5,11-12H2;1H. The molecule has 0 fully saturated rings. The average Bonchev–Trinajstić information content (AvgIpc) is 3.32. The SMILES string of the molecule is Cl.O=C1c2ccccc2-c2c1c1ccccc1c(=O)n2CCCn1ccnc1. The summed E-state index contributed by atoms with van der Waals surface area (Å²) in [5, 5.41) is 1.34. The van der Waals surface area contributed by atoms with Gasteiger partial charge in [0.25, 0.3) is 5.56 Å². The number of hydrogen-bond acceptors (Lipinski definition) is 3. The minimum Gasteiger partial charge on any atom is -0.337 e. The molecule has 140 valence electrons. The van der Waals surface area contributed by atoms with Crippen molar-refractivity contribution < 1.29 is 4.79 Å². The van der Waals surface area contributed by atoms with Gasteiger partial charge in [0.2, 0.25) is 0 Å². The Morgan fingerprint density at radius 3 is 2.32 bits per heavy atom. The normalized spacial score (nSPS) is 11.9. The molecule has 0 spiro atoms. The Balaban J connectivity index is 0.00000192. The Hall–Kier alpha value is -3.18. The quantitative estimate of drug-likeness (QED) is 0.466. The molecule has 1 aliphatic carbocycles. The van der Waals surface area contributed by atoms with Crippen LogP contribution in [-0.4, -0.2) is 19.9 Å². The maximum atomic E-state index is 13.2. The minimum absolute atomic E-state index is 0. The number of carbonyl (C=O) groups is 1. The molecule has 2 aromatic carbocycles. The summed E-state index contributed by atoms with van der Waals surface area (Å²) in [7, 11) is 0. The summed E-state index contributed by atoms with van der Waals surface area (Å²) in [5.41, 5.74) is 2.88. The fourth-order valence-corrected chi connectivity index (χ4v) is 3.97. The number of benzene rings is 2. The summed E-state index contributed by atoms with van der Waals surface area (Å²) in [6, 6.07) is 14.9. The Bertz CT molecular complexity index is 1240. The van der Waals surface area contributed by atoms with E-state index in [4.69, 9.17) is 0 Å². The molecule has 2 aromatic heterocycles. The van der Waals surface area contributed by atoms with Gasteiger partial charge in [0.05, 0.1) is 17.6 Å². The number of nitrogens with zero attached hydrogens (tertiary/aromatic N) is 3. The van der Waals surface area contributed by atoms with Gasteiger partial charge in [-0.25, -0.2) is 4.98 Å². The highest BCUT2D eigenvalue weighted by molar-refractivity contribution is 6.26. The largest absolute Gasteiger partial charge is 0.337 e. The number of halogens is 1. The van der Waals surface area contributed by atoms with Crippen molar-refractivity contribution in [2.75, 3.05) is 0 Å². The van der Waals surface area contributed by atoms with Crippen LogP contribution < -0.4 is 5.56 Å². The number of rotatable bonds is 4. The van der Waals surface area contributed by atoms with E-state index in [9.17, 15) is 9.59 Å². The predicted molar refractivity (Wildman–Crippen MR) is 111 cm³/mol. The van der Waals surface area contributed by atoms with E-state index in [1.165, 1.54) is 0 Å². The molecule has 2 heterocycles. The van der Waals surface area contributed by atoms with Gasteiger partial charge in [-0.3, -0.25) is 9.59 Å². The molecule has 28 heavy (non-hydrogen) atoms. The average molecular weight is 392 g/mol. The van der Waals surface area contributed by atoms with Crippen LogP contribution in [0.25, 0.3) is 22.0 Å². The molecule has 1 aliphatic rings. The van der Waals surface area contributed by atoms with Crippen LogP contribution in [0.1, 0.15) is 22.3 Å². The van der Waals surface area contributed by atoms with E-state index in [1.54, 1.807) is 23.2 Å². The van der Waals surface area contributed by atoms with Crippen LogP contribution in [0.4, 0.5) is 0 Å². The van der Waals surface area contributed by atoms with Gasteiger partial charge >= 0.3 is 0 Å². The summed E-state index contributed by atoms with van der Waals surface area (Å²) < 4.78 is 3.77. The molecular formula is C22H18ClN3O2. The number of hydrogen-bond donors (Lipinski definition) is 0. The Morgan fingerprint density at radius 1 is 0.857 bits per heavy atom.